The van der Waals surface area contributed by atoms with Crippen molar-refractivity contribution >= 4 is 5.97 Å². The number of nitrogens with one attached hydrogen (secondary N) is 1. The SMILES string of the molecule is CCCCc1nc(CCC(=O)OCC)c[nH]1. The normalized spacial score (nSPS) is 10.4. The van der Waals surface area contributed by atoms with E-state index in [4.69, 9.17) is 4.74 Å². The summed E-state index contributed by atoms with van der Waals surface area (Å²) in [7, 11) is 0. The second kappa shape index (κ2) is 7.04. The van der Waals surface area contributed by atoms with Crippen LogP contribution in [0.1, 0.15) is 44.6 Å². The average molecular weight is 224 g/mol. The molecule has 0 bridgehead atoms. The average Bonchev–Trinajstić information content (AvgIpc) is 2.72. The third-order valence-corrected chi connectivity index (χ3v) is 2.34. The lowest BCUT2D eigenvalue weighted by molar-refractivity contribution is -0.143. The van der Waals surface area contributed by atoms with E-state index in [2.05, 4.69) is 16.9 Å². The number of esters is 1. The lowest BCUT2D eigenvalue weighted by Gasteiger charge is -1.99. The highest BCUT2D eigenvalue weighted by molar-refractivity contribution is 5.69. The van der Waals surface area contributed by atoms with Crippen molar-refractivity contribution in [2.75, 3.05) is 6.61 Å². The van der Waals surface area contributed by atoms with Gasteiger partial charge in [0.05, 0.1) is 18.7 Å². The molecule has 1 rings (SSSR count). The van der Waals surface area contributed by atoms with Gasteiger partial charge in [0.2, 0.25) is 0 Å². The Morgan fingerprint density at radius 2 is 2.25 bits per heavy atom. The van der Waals surface area contributed by atoms with Gasteiger partial charge < -0.3 is 9.72 Å². The number of aryl methyl sites for hydroxylation is 2. The summed E-state index contributed by atoms with van der Waals surface area (Å²) in [5.74, 6) is 0.862. The van der Waals surface area contributed by atoms with Crippen LogP contribution in [0.25, 0.3) is 0 Å². The van der Waals surface area contributed by atoms with Crippen molar-refractivity contribution in [3.8, 4) is 0 Å². The van der Waals surface area contributed by atoms with Crippen LogP contribution in [0.15, 0.2) is 6.20 Å². The van der Waals surface area contributed by atoms with Crippen molar-refractivity contribution in [2.24, 2.45) is 0 Å². The zero-order valence-electron chi connectivity index (χ0n) is 10.1. The van der Waals surface area contributed by atoms with Crippen LogP contribution in [-0.4, -0.2) is 22.5 Å². The van der Waals surface area contributed by atoms with Gasteiger partial charge in [0, 0.05) is 19.0 Å². The molecule has 0 unspecified atom stereocenters. The number of carbonyl (C=O) groups excluding carboxylic acids is 1. The highest BCUT2D eigenvalue weighted by Gasteiger charge is 2.05. The monoisotopic (exact) mass is 224 g/mol. The van der Waals surface area contributed by atoms with Gasteiger partial charge in [-0.15, -0.1) is 0 Å². The third kappa shape index (κ3) is 4.47. The van der Waals surface area contributed by atoms with Gasteiger partial charge in [-0.2, -0.15) is 0 Å². The molecule has 1 heterocycles. The fourth-order valence-corrected chi connectivity index (χ4v) is 1.47. The fourth-order valence-electron chi connectivity index (χ4n) is 1.47. The molecule has 16 heavy (non-hydrogen) atoms. The molecule has 0 spiro atoms. The molecule has 0 saturated heterocycles. The third-order valence-electron chi connectivity index (χ3n) is 2.34. The Labute approximate surface area is 96.4 Å². The highest BCUT2D eigenvalue weighted by atomic mass is 16.5. The summed E-state index contributed by atoms with van der Waals surface area (Å²) >= 11 is 0. The number of rotatable bonds is 7. The molecule has 0 aliphatic carbocycles. The second-order valence-electron chi connectivity index (χ2n) is 3.75. The molecule has 0 aliphatic heterocycles. The van der Waals surface area contributed by atoms with E-state index < -0.39 is 0 Å². The Balaban J connectivity index is 2.31. The number of ether oxygens (including phenoxy) is 1. The van der Waals surface area contributed by atoms with E-state index in [1.165, 1.54) is 6.42 Å². The predicted octanol–water partition coefficient (Wildman–Crippen LogP) is 2.25. The Bertz CT molecular complexity index is 321. The summed E-state index contributed by atoms with van der Waals surface area (Å²) in [5, 5.41) is 0. The molecule has 1 N–H and O–H groups in total. The summed E-state index contributed by atoms with van der Waals surface area (Å²) in [4.78, 5) is 18.7. The van der Waals surface area contributed by atoms with Gasteiger partial charge >= 0.3 is 5.97 Å². The van der Waals surface area contributed by atoms with E-state index in [1.807, 2.05) is 13.1 Å². The fraction of sp³-hybridized carbons (Fsp3) is 0.667. The largest absolute Gasteiger partial charge is 0.466 e. The Kier molecular flexibility index (Phi) is 5.61. The van der Waals surface area contributed by atoms with Crippen molar-refractivity contribution in [2.45, 2.75) is 46.0 Å². The standard InChI is InChI=1S/C12H20N2O2/c1-3-5-6-11-13-9-10(14-11)7-8-12(15)16-4-2/h9H,3-8H2,1-2H3,(H,13,14). The summed E-state index contributed by atoms with van der Waals surface area (Å²) in [6.45, 7) is 4.42. The number of hydrogen-bond donors (Lipinski definition) is 1. The van der Waals surface area contributed by atoms with Crippen LogP contribution in [0.4, 0.5) is 0 Å². The number of unbranched alkanes of at least 4 members (excludes halogenated alkanes) is 1. The van der Waals surface area contributed by atoms with E-state index >= 15 is 0 Å². The molecule has 0 atom stereocenters. The minimum Gasteiger partial charge on any atom is -0.466 e. The molecule has 90 valence electrons. The van der Waals surface area contributed by atoms with Crippen LogP contribution in [-0.2, 0) is 22.4 Å². The van der Waals surface area contributed by atoms with Crippen molar-refractivity contribution in [1.82, 2.24) is 9.97 Å². The molecule has 0 fully saturated rings. The van der Waals surface area contributed by atoms with Crippen LogP contribution >= 0.6 is 0 Å². The van der Waals surface area contributed by atoms with Crippen LogP contribution in [0.5, 0.6) is 0 Å². The lowest BCUT2D eigenvalue weighted by atomic mass is 10.2. The van der Waals surface area contributed by atoms with Gasteiger partial charge in [-0.25, -0.2) is 4.98 Å². The minimum absolute atomic E-state index is 0.152. The molecule has 4 nitrogen and oxygen atoms in total. The molecular weight excluding hydrogens is 204 g/mol. The van der Waals surface area contributed by atoms with Gasteiger partial charge in [0.1, 0.15) is 5.82 Å². The number of imidazole rings is 1. The maximum Gasteiger partial charge on any atom is 0.306 e. The molecule has 0 saturated carbocycles. The second-order valence-corrected chi connectivity index (χ2v) is 3.75. The highest BCUT2D eigenvalue weighted by Crippen LogP contribution is 2.04. The van der Waals surface area contributed by atoms with E-state index in [9.17, 15) is 4.79 Å². The zero-order chi connectivity index (χ0) is 11.8. The van der Waals surface area contributed by atoms with E-state index in [0.29, 0.717) is 19.4 Å². The number of nitrogens with zero attached hydrogens (tertiary/aromatic N) is 1. The number of hydrogen-bond acceptors (Lipinski definition) is 3. The Morgan fingerprint density at radius 1 is 1.44 bits per heavy atom. The van der Waals surface area contributed by atoms with Crippen LogP contribution in [0.2, 0.25) is 0 Å². The number of H-pyrrole nitrogens is 1. The zero-order valence-corrected chi connectivity index (χ0v) is 10.1. The van der Waals surface area contributed by atoms with Crippen molar-refractivity contribution in [3.63, 3.8) is 0 Å². The first kappa shape index (κ1) is 12.7. The van der Waals surface area contributed by atoms with Crippen molar-refractivity contribution in [3.05, 3.63) is 17.7 Å². The molecule has 0 aliphatic rings. The summed E-state index contributed by atoms with van der Waals surface area (Å²) in [5.41, 5.74) is 0.944. The van der Waals surface area contributed by atoms with Crippen LogP contribution in [0.3, 0.4) is 0 Å². The first-order valence-corrected chi connectivity index (χ1v) is 5.95. The molecule has 0 aromatic carbocycles. The quantitative estimate of drug-likeness (QED) is 0.723. The summed E-state index contributed by atoms with van der Waals surface area (Å²) in [6, 6.07) is 0. The van der Waals surface area contributed by atoms with Crippen molar-refractivity contribution < 1.29 is 9.53 Å². The van der Waals surface area contributed by atoms with Crippen molar-refractivity contribution in [1.29, 1.82) is 0 Å². The number of aromatic nitrogens is 2. The van der Waals surface area contributed by atoms with Crippen LogP contribution < -0.4 is 0 Å². The van der Waals surface area contributed by atoms with Crippen LogP contribution in [0, 0.1) is 0 Å². The minimum atomic E-state index is -0.152. The lowest BCUT2D eigenvalue weighted by Crippen LogP contribution is -2.05. The van der Waals surface area contributed by atoms with E-state index in [1.54, 1.807) is 0 Å². The predicted molar refractivity (Wildman–Crippen MR) is 62.2 cm³/mol. The first-order chi connectivity index (χ1) is 7.76. The molecular formula is C12H20N2O2. The summed E-state index contributed by atoms with van der Waals surface area (Å²) in [6.07, 6.45) is 6.23. The molecule has 0 amide bonds. The Morgan fingerprint density at radius 3 is 2.94 bits per heavy atom. The Hall–Kier alpha value is -1.32. The summed E-state index contributed by atoms with van der Waals surface area (Å²) < 4.78 is 4.86. The van der Waals surface area contributed by atoms with E-state index in [0.717, 1.165) is 24.4 Å². The smallest absolute Gasteiger partial charge is 0.306 e. The van der Waals surface area contributed by atoms with Gasteiger partial charge in [-0.3, -0.25) is 4.79 Å². The van der Waals surface area contributed by atoms with Gasteiger partial charge in [-0.05, 0) is 13.3 Å². The molecule has 0 radical (unpaired) electrons. The van der Waals surface area contributed by atoms with Gasteiger partial charge in [-0.1, -0.05) is 13.3 Å². The van der Waals surface area contributed by atoms with Gasteiger partial charge in [0.25, 0.3) is 0 Å². The maximum atomic E-state index is 11.1. The molecule has 1 aromatic heterocycles. The first-order valence-electron chi connectivity index (χ1n) is 5.95. The molecule has 1 aromatic rings. The van der Waals surface area contributed by atoms with Gasteiger partial charge in [0.15, 0.2) is 0 Å². The maximum absolute atomic E-state index is 11.1. The number of carbonyl (C=O) groups is 1. The number of aromatic amines is 1. The topological polar surface area (TPSA) is 55.0 Å². The van der Waals surface area contributed by atoms with E-state index in [-0.39, 0.29) is 5.97 Å². The molecule has 4 heteroatoms.